The largest absolute Gasteiger partial charge is 0.372 e. The summed E-state index contributed by atoms with van der Waals surface area (Å²) in [6.07, 6.45) is 0. The number of nitrogens with zero attached hydrogens (tertiary/aromatic N) is 1. The molecule has 0 saturated heterocycles. The first-order valence-electron chi connectivity index (χ1n) is 7.15. The number of nitro benzene ring substituents is 1. The summed E-state index contributed by atoms with van der Waals surface area (Å²) < 4.78 is 5.61. The fraction of sp³-hybridized carbons (Fsp3) is 0.294. The highest BCUT2D eigenvalue weighted by atomic mass is 17.1. The maximum Gasteiger partial charge on any atom is 0.269 e. The second-order valence-corrected chi connectivity index (χ2v) is 5.71. The van der Waals surface area contributed by atoms with E-state index in [1.165, 1.54) is 12.1 Å². The zero-order valence-electron chi connectivity index (χ0n) is 13.1. The van der Waals surface area contributed by atoms with Crippen LogP contribution in [0.1, 0.15) is 30.5 Å². The first-order chi connectivity index (χ1) is 10.9. The van der Waals surface area contributed by atoms with Gasteiger partial charge in [0.2, 0.25) is 0 Å². The molecule has 0 aliphatic heterocycles. The third-order valence-corrected chi connectivity index (χ3v) is 3.56. The third-order valence-electron chi connectivity index (χ3n) is 3.56. The van der Waals surface area contributed by atoms with Crippen LogP contribution in [0.2, 0.25) is 0 Å². The molecule has 6 heteroatoms. The van der Waals surface area contributed by atoms with E-state index in [0.717, 1.165) is 16.7 Å². The molecule has 23 heavy (non-hydrogen) atoms. The molecule has 0 aromatic heterocycles. The number of non-ortho nitro benzene ring substituents is 1. The molecule has 122 valence electrons. The van der Waals surface area contributed by atoms with Gasteiger partial charge >= 0.3 is 0 Å². The molecule has 0 aliphatic carbocycles. The van der Waals surface area contributed by atoms with Crippen molar-refractivity contribution in [2.45, 2.75) is 32.7 Å². The van der Waals surface area contributed by atoms with Gasteiger partial charge in [0.15, 0.2) is 0 Å². The molecule has 0 bridgehead atoms. The molecular formula is C17H19NO5. The summed E-state index contributed by atoms with van der Waals surface area (Å²) in [7, 11) is 0. The first-order valence-corrected chi connectivity index (χ1v) is 7.15. The molecule has 0 atom stereocenters. The van der Waals surface area contributed by atoms with Gasteiger partial charge in [-0.25, -0.2) is 4.89 Å². The summed E-state index contributed by atoms with van der Waals surface area (Å²) in [5.41, 5.74) is 2.04. The minimum atomic E-state index is -0.752. The number of rotatable bonds is 7. The Hall–Kier alpha value is -2.28. The molecule has 6 nitrogen and oxygen atoms in total. The van der Waals surface area contributed by atoms with E-state index in [4.69, 9.17) is 9.99 Å². The summed E-state index contributed by atoms with van der Waals surface area (Å²) >= 11 is 0. The van der Waals surface area contributed by atoms with Crippen LogP contribution < -0.4 is 0 Å². The Bertz CT molecular complexity index is 650. The Labute approximate surface area is 134 Å². The van der Waals surface area contributed by atoms with Crippen LogP contribution in [0.3, 0.4) is 0 Å². The van der Waals surface area contributed by atoms with Gasteiger partial charge in [-0.05, 0) is 42.7 Å². The minimum Gasteiger partial charge on any atom is -0.372 e. The quantitative estimate of drug-likeness (QED) is 0.473. The smallest absolute Gasteiger partial charge is 0.269 e. The molecule has 0 spiro atoms. The van der Waals surface area contributed by atoms with Crippen molar-refractivity contribution < 1.29 is 19.8 Å². The van der Waals surface area contributed by atoms with Crippen molar-refractivity contribution in [3.8, 4) is 0 Å². The van der Waals surface area contributed by atoms with Crippen LogP contribution in [0.15, 0.2) is 48.5 Å². The first kappa shape index (κ1) is 17.1. The van der Waals surface area contributed by atoms with Crippen molar-refractivity contribution in [2.24, 2.45) is 0 Å². The fourth-order valence-electron chi connectivity index (χ4n) is 2.06. The maximum absolute atomic E-state index is 10.6. The topological polar surface area (TPSA) is 81.8 Å². The molecule has 2 aromatic rings. The molecule has 0 heterocycles. The standard InChI is InChI=1S/C17H19NO5/c1-17(2,23-21)15-7-3-13(4-8-15)11-22-12-14-5-9-16(10-6-14)18(19)20/h3-10,21H,11-12H2,1-2H3. The van der Waals surface area contributed by atoms with Crippen molar-refractivity contribution in [3.63, 3.8) is 0 Å². The van der Waals surface area contributed by atoms with Crippen molar-refractivity contribution in [3.05, 3.63) is 75.3 Å². The average Bonchev–Trinajstić information content (AvgIpc) is 2.56. The molecule has 0 radical (unpaired) electrons. The van der Waals surface area contributed by atoms with Gasteiger partial charge in [0.05, 0.1) is 18.1 Å². The van der Waals surface area contributed by atoms with Crippen molar-refractivity contribution in [1.29, 1.82) is 0 Å². The number of hydrogen-bond donors (Lipinski definition) is 1. The van der Waals surface area contributed by atoms with E-state index in [0.29, 0.717) is 13.2 Å². The fourth-order valence-corrected chi connectivity index (χ4v) is 2.06. The second-order valence-electron chi connectivity index (χ2n) is 5.71. The van der Waals surface area contributed by atoms with Crippen LogP contribution >= 0.6 is 0 Å². The van der Waals surface area contributed by atoms with E-state index in [9.17, 15) is 10.1 Å². The van der Waals surface area contributed by atoms with Crippen LogP contribution in [0.25, 0.3) is 0 Å². The summed E-state index contributed by atoms with van der Waals surface area (Å²) in [6, 6.07) is 13.9. The van der Waals surface area contributed by atoms with Crippen LogP contribution in [0.5, 0.6) is 0 Å². The molecule has 0 saturated carbocycles. The van der Waals surface area contributed by atoms with Gasteiger partial charge in [0.25, 0.3) is 5.69 Å². The van der Waals surface area contributed by atoms with E-state index in [2.05, 4.69) is 4.89 Å². The lowest BCUT2D eigenvalue weighted by Crippen LogP contribution is -2.19. The number of ether oxygens (including phenoxy) is 1. The summed E-state index contributed by atoms with van der Waals surface area (Å²) in [4.78, 5) is 14.6. The highest BCUT2D eigenvalue weighted by molar-refractivity contribution is 5.32. The van der Waals surface area contributed by atoms with Crippen LogP contribution in [0.4, 0.5) is 5.69 Å². The highest BCUT2D eigenvalue weighted by Gasteiger charge is 2.21. The van der Waals surface area contributed by atoms with E-state index in [1.54, 1.807) is 26.0 Å². The molecule has 0 unspecified atom stereocenters. The van der Waals surface area contributed by atoms with Gasteiger partial charge in [-0.2, -0.15) is 0 Å². The monoisotopic (exact) mass is 317 g/mol. The number of hydrogen-bond acceptors (Lipinski definition) is 5. The molecule has 0 fully saturated rings. The van der Waals surface area contributed by atoms with E-state index in [-0.39, 0.29) is 5.69 Å². The summed E-state index contributed by atoms with van der Waals surface area (Å²) in [6.45, 7) is 4.35. The summed E-state index contributed by atoms with van der Waals surface area (Å²) in [5, 5.41) is 19.5. The van der Waals surface area contributed by atoms with Gasteiger partial charge in [-0.3, -0.25) is 15.4 Å². The molecule has 1 N–H and O–H groups in total. The molecule has 0 amide bonds. The second kappa shape index (κ2) is 7.32. The Balaban J connectivity index is 1.88. The lowest BCUT2D eigenvalue weighted by molar-refractivity contribution is -0.384. The summed E-state index contributed by atoms with van der Waals surface area (Å²) in [5.74, 6) is 0. The Morgan fingerprint density at radius 2 is 1.48 bits per heavy atom. The molecule has 2 aromatic carbocycles. The van der Waals surface area contributed by atoms with Gasteiger partial charge in [-0.1, -0.05) is 24.3 Å². The molecule has 0 aliphatic rings. The predicted octanol–water partition coefficient (Wildman–Crippen LogP) is 4.04. The van der Waals surface area contributed by atoms with Crippen molar-refractivity contribution in [1.82, 2.24) is 0 Å². The Morgan fingerprint density at radius 1 is 1.00 bits per heavy atom. The van der Waals surface area contributed by atoms with Gasteiger partial charge in [-0.15, -0.1) is 0 Å². The van der Waals surface area contributed by atoms with E-state index in [1.807, 2.05) is 24.3 Å². The zero-order valence-corrected chi connectivity index (χ0v) is 13.1. The molecule has 2 rings (SSSR count). The van der Waals surface area contributed by atoms with Gasteiger partial charge in [0, 0.05) is 12.1 Å². The number of nitro groups is 1. The Kier molecular flexibility index (Phi) is 5.44. The zero-order chi connectivity index (χ0) is 16.9. The van der Waals surface area contributed by atoms with Crippen LogP contribution in [-0.4, -0.2) is 10.2 Å². The van der Waals surface area contributed by atoms with Crippen molar-refractivity contribution >= 4 is 5.69 Å². The van der Waals surface area contributed by atoms with Gasteiger partial charge < -0.3 is 4.74 Å². The Morgan fingerprint density at radius 3 is 1.91 bits per heavy atom. The minimum absolute atomic E-state index is 0.0676. The normalized spacial score (nSPS) is 11.4. The lowest BCUT2D eigenvalue weighted by Gasteiger charge is -2.21. The van der Waals surface area contributed by atoms with Crippen LogP contribution in [0, 0.1) is 10.1 Å². The average molecular weight is 317 g/mol. The maximum atomic E-state index is 10.6. The third kappa shape index (κ3) is 4.59. The number of benzene rings is 2. The predicted molar refractivity (Wildman–Crippen MR) is 84.8 cm³/mol. The SMILES string of the molecule is CC(C)(OO)c1ccc(COCc2ccc([N+](=O)[O-])cc2)cc1. The van der Waals surface area contributed by atoms with E-state index >= 15 is 0 Å². The highest BCUT2D eigenvalue weighted by Crippen LogP contribution is 2.24. The van der Waals surface area contributed by atoms with Crippen LogP contribution in [-0.2, 0) is 28.4 Å². The van der Waals surface area contributed by atoms with E-state index < -0.39 is 10.5 Å². The van der Waals surface area contributed by atoms with Gasteiger partial charge in [0.1, 0.15) is 5.60 Å². The lowest BCUT2D eigenvalue weighted by atomic mass is 9.97. The van der Waals surface area contributed by atoms with Crippen molar-refractivity contribution in [2.75, 3.05) is 0 Å². The molecular weight excluding hydrogens is 298 g/mol.